The normalized spacial score (nSPS) is 11.9. The molecule has 48 heavy (non-hydrogen) atoms. The summed E-state index contributed by atoms with van der Waals surface area (Å²) in [6.07, 6.45) is -3.86. The zero-order valence-electron chi connectivity index (χ0n) is 25.7. The van der Waals surface area contributed by atoms with Gasteiger partial charge in [-0.15, -0.1) is 0 Å². The number of methoxy groups -OCH3 is 1. The fourth-order valence-electron chi connectivity index (χ4n) is 5.12. The summed E-state index contributed by atoms with van der Waals surface area (Å²) in [6.45, 7) is 0.317. The van der Waals surface area contributed by atoms with E-state index >= 15 is 0 Å². The third kappa shape index (κ3) is 7.84. The molecule has 1 aromatic heterocycles. The summed E-state index contributed by atoms with van der Waals surface area (Å²) < 4.78 is 52.5. The summed E-state index contributed by atoms with van der Waals surface area (Å²) in [6, 6.07) is 21.8. The minimum absolute atomic E-state index is 0.0176. The molecule has 14 heteroatoms. The Morgan fingerprint density at radius 3 is 2.31 bits per heavy atom. The van der Waals surface area contributed by atoms with Crippen molar-refractivity contribution in [2.45, 2.75) is 25.1 Å². The predicted molar refractivity (Wildman–Crippen MR) is 175 cm³/mol. The highest BCUT2D eigenvalue weighted by molar-refractivity contribution is 6.06. The number of nitrogens with one attached hydrogen (secondary N) is 3. The monoisotopic (exact) mass is 659 g/mol. The summed E-state index contributed by atoms with van der Waals surface area (Å²) in [7, 11) is 1.54. The van der Waals surface area contributed by atoms with E-state index in [1.807, 2.05) is 0 Å². The number of amides is 2. The van der Waals surface area contributed by atoms with Gasteiger partial charge in [-0.3, -0.25) is 15.0 Å². The van der Waals surface area contributed by atoms with E-state index in [1.54, 1.807) is 78.4 Å². The molecule has 248 valence electrons. The number of anilines is 1. The van der Waals surface area contributed by atoms with Gasteiger partial charge in [-0.05, 0) is 85.6 Å². The molecule has 0 unspecified atom stereocenters. The van der Waals surface area contributed by atoms with Crippen LogP contribution in [-0.2, 0) is 11.0 Å². The van der Waals surface area contributed by atoms with E-state index in [9.17, 15) is 22.8 Å². The Hall–Kier alpha value is -6.05. The first-order valence-electron chi connectivity index (χ1n) is 14.7. The van der Waals surface area contributed by atoms with Gasteiger partial charge in [-0.1, -0.05) is 18.2 Å². The number of alkyl halides is 3. The van der Waals surface area contributed by atoms with Crippen molar-refractivity contribution in [3.05, 3.63) is 102 Å². The number of fused-ring (bicyclic) bond motifs is 1. The molecule has 0 fully saturated rings. The predicted octanol–water partition coefficient (Wildman–Crippen LogP) is 6.06. The number of carbonyl (C=O) groups excluding carboxylic acids is 2. The van der Waals surface area contributed by atoms with Gasteiger partial charge in [0.25, 0.3) is 5.91 Å². The van der Waals surface area contributed by atoms with Crippen LogP contribution in [-0.4, -0.2) is 41.0 Å². The molecule has 5 aromatic rings. The number of rotatable bonds is 12. The first-order valence-corrected chi connectivity index (χ1v) is 14.7. The van der Waals surface area contributed by atoms with Crippen LogP contribution in [0, 0.1) is 5.41 Å². The lowest BCUT2D eigenvalue weighted by molar-refractivity contribution is -0.137. The zero-order chi connectivity index (χ0) is 34.4. The van der Waals surface area contributed by atoms with Crippen LogP contribution in [0.15, 0.2) is 91.0 Å². The number of halogens is 3. The molecule has 1 atom stereocenters. The van der Waals surface area contributed by atoms with Crippen LogP contribution in [0.3, 0.4) is 0 Å². The van der Waals surface area contributed by atoms with Crippen LogP contribution >= 0.6 is 0 Å². The zero-order valence-corrected chi connectivity index (χ0v) is 25.7. The topological polar surface area (TPSA) is 170 Å². The van der Waals surface area contributed by atoms with Crippen molar-refractivity contribution in [1.29, 1.82) is 5.41 Å². The van der Waals surface area contributed by atoms with Crippen molar-refractivity contribution in [1.82, 2.24) is 14.9 Å². The van der Waals surface area contributed by atoms with Crippen LogP contribution in [0.25, 0.3) is 22.4 Å². The fraction of sp³-hybridized carbons (Fsp3) is 0.176. The second kappa shape index (κ2) is 14.2. The molecule has 7 N–H and O–H groups in total. The molecule has 0 spiro atoms. The summed E-state index contributed by atoms with van der Waals surface area (Å²) in [5.74, 6) is -0.0828. The van der Waals surface area contributed by atoms with Gasteiger partial charge in [-0.2, -0.15) is 13.2 Å². The average molecular weight is 660 g/mol. The van der Waals surface area contributed by atoms with E-state index < -0.39 is 29.6 Å². The second-order valence-electron chi connectivity index (χ2n) is 10.7. The Labute approximate surface area is 273 Å². The Bertz CT molecular complexity index is 1960. The van der Waals surface area contributed by atoms with Crippen LogP contribution in [0.2, 0.25) is 0 Å². The van der Waals surface area contributed by atoms with Crippen LogP contribution in [0.5, 0.6) is 17.2 Å². The van der Waals surface area contributed by atoms with E-state index in [2.05, 4.69) is 10.6 Å². The van der Waals surface area contributed by atoms with E-state index in [1.165, 1.54) is 12.1 Å². The first-order chi connectivity index (χ1) is 22.9. The number of nitrogens with zero attached hydrogens (tertiary/aromatic N) is 2. The molecule has 0 bridgehead atoms. The molecule has 2 amide bonds. The van der Waals surface area contributed by atoms with Crippen LogP contribution < -0.4 is 31.6 Å². The van der Waals surface area contributed by atoms with E-state index in [4.69, 9.17) is 31.3 Å². The van der Waals surface area contributed by atoms with Crippen molar-refractivity contribution >= 4 is 34.5 Å². The highest BCUT2D eigenvalue weighted by Gasteiger charge is 2.31. The van der Waals surface area contributed by atoms with Gasteiger partial charge >= 0.3 is 6.18 Å². The highest BCUT2D eigenvalue weighted by Crippen LogP contribution is 2.35. The Morgan fingerprint density at radius 1 is 0.938 bits per heavy atom. The highest BCUT2D eigenvalue weighted by atomic mass is 19.4. The number of imidazole rings is 1. The fourth-order valence-corrected chi connectivity index (χ4v) is 5.12. The third-order valence-electron chi connectivity index (χ3n) is 7.40. The Kier molecular flexibility index (Phi) is 9.83. The lowest BCUT2D eigenvalue weighted by Crippen LogP contribution is -2.32. The summed E-state index contributed by atoms with van der Waals surface area (Å²) in [4.78, 5) is 30.9. The molecule has 5 rings (SSSR count). The minimum Gasteiger partial charge on any atom is -0.497 e. The molecule has 1 heterocycles. The molecule has 11 nitrogen and oxygen atoms in total. The molecule has 0 aliphatic rings. The van der Waals surface area contributed by atoms with E-state index in [0.717, 1.165) is 12.1 Å². The summed E-state index contributed by atoms with van der Waals surface area (Å²) in [5, 5.41) is 12.9. The Morgan fingerprint density at radius 2 is 1.65 bits per heavy atom. The number of guanidine groups is 1. The number of nitrogens with two attached hydrogens (primary N) is 2. The van der Waals surface area contributed by atoms with Gasteiger partial charge in [0.05, 0.1) is 23.7 Å². The van der Waals surface area contributed by atoms with Crippen LogP contribution in [0.4, 0.5) is 18.9 Å². The molecule has 0 aliphatic carbocycles. The number of ether oxygens (including phenoxy) is 2. The number of carbonyl (C=O) groups is 2. The second-order valence-corrected chi connectivity index (χ2v) is 10.7. The number of benzene rings is 4. The number of hydrogen-bond donors (Lipinski definition) is 5. The number of hydrogen-bond acceptors (Lipinski definition) is 6. The lowest BCUT2D eigenvalue weighted by Gasteiger charge is -2.20. The van der Waals surface area contributed by atoms with E-state index in [0.29, 0.717) is 52.4 Å². The molecule has 0 saturated heterocycles. The smallest absolute Gasteiger partial charge is 0.416 e. The summed E-state index contributed by atoms with van der Waals surface area (Å²) >= 11 is 0. The molecular weight excluding hydrogens is 627 g/mol. The van der Waals surface area contributed by atoms with Gasteiger partial charge < -0.3 is 36.1 Å². The average Bonchev–Trinajstić information content (AvgIpc) is 3.43. The van der Waals surface area contributed by atoms with Gasteiger partial charge in [0.15, 0.2) is 5.96 Å². The Balaban J connectivity index is 1.53. The van der Waals surface area contributed by atoms with Gasteiger partial charge in [0.1, 0.15) is 29.1 Å². The maximum absolute atomic E-state index is 13.3. The van der Waals surface area contributed by atoms with E-state index in [-0.39, 0.29) is 23.9 Å². The molecule has 0 saturated carbocycles. The maximum Gasteiger partial charge on any atom is 0.416 e. The maximum atomic E-state index is 13.3. The summed E-state index contributed by atoms with van der Waals surface area (Å²) in [5.41, 5.74) is 12.7. The minimum atomic E-state index is -4.54. The third-order valence-corrected chi connectivity index (χ3v) is 7.40. The first kappa shape index (κ1) is 33.3. The van der Waals surface area contributed by atoms with Crippen molar-refractivity contribution < 1.29 is 32.2 Å². The standard InChI is InChI=1S/C34H32F3N7O4/c1-47-24-13-11-23(12-14-24)42-32(46)21-10-15-28-27(18-21)43-31(44(28)29(30(38)45)9-4-16-41-33(39)40)20-5-2-7-25(17-20)48-26-8-3-6-22(19-26)34(35,36)37/h2-3,5-8,10-15,17-19,29H,4,9,16H2,1H3,(H2,38,45)(H,42,46)(H4,39,40,41)/t29-/m0/s1. The van der Waals surface area contributed by atoms with Crippen molar-refractivity contribution in [3.63, 3.8) is 0 Å². The van der Waals surface area contributed by atoms with Gasteiger partial charge in [0.2, 0.25) is 5.91 Å². The quantitative estimate of drug-likeness (QED) is 0.0615. The molecular formula is C34H32F3N7O4. The SMILES string of the molecule is COc1ccc(NC(=O)c2ccc3c(c2)nc(-c2cccc(Oc4cccc(C(F)(F)F)c4)c2)n3[C@@H](CCCNC(=N)N)C(N)=O)cc1. The number of primary amides is 1. The van der Waals surface area contributed by atoms with Crippen LogP contribution in [0.1, 0.15) is 34.8 Å². The largest absolute Gasteiger partial charge is 0.497 e. The molecule has 0 radical (unpaired) electrons. The van der Waals surface area contributed by atoms with Gasteiger partial charge in [0, 0.05) is 23.4 Å². The molecule has 0 aliphatic heterocycles. The van der Waals surface area contributed by atoms with Crippen molar-refractivity contribution in [2.24, 2.45) is 11.5 Å². The number of aromatic nitrogens is 2. The lowest BCUT2D eigenvalue weighted by atomic mass is 10.1. The molecule has 4 aromatic carbocycles. The van der Waals surface area contributed by atoms with Crippen molar-refractivity contribution in [3.8, 4) is 28.6 Å². The van der Waals surface area contributed by atoms with Crippen molar-refractivity contribution in [2.75, 3.05) is 19.0 Å². The van der Waals surface area contributed by atoms with Gasteiger partial charge in [-0.25, -0.2) is 4.98 Å².